The SMILES string of the molecule is CC(C)N(CC1CCNCC1)C(C)C1CCCCC1. The summed E-state index contributed by atoms with van der Waals surface area (Å²) >= 11 is 0. The molecule has 2 nitrogen and oxygen atoms in total. The first-order valence-electron chi connectivity index (χ1n) is 8.65. The van der Waals surface area contributed by atoms with Crippen molar-refractivity contribution >= 4 is 0 Å². The van der Waals surface area contributed by atoms with E-state index in [2.05, 4.69) is 31.0 Å². The Morgan fingerprint density at radius 2 is 1.58 bits per heavy atom. The van der Waals surface area contributed by atoms with Crippen molar-refractivity contribution in [3.63, 3.8) is 0 Å². The third kappa shape index (κ3) is 4.46. The Kier molecular flexibility index (Phi) is 6.15. The predicted molar refractivity (Wildman–Crippen MR) is 83.5 cm³/mol. The summed E-state index contributed by atoms with van der Waals surface area (Å²) in [6.45, 7) is 11.1. The molecule has 2 aliphatic rings. The summed E-state index contributed by atoms with van der Waals surface area (Å²) in [5.74, 6) is 1.88. The molecule has 1 unspecified atom stereocenters. The molecule has 0 aromatic rings. The second-order valence-corrected chi connectivity index (χ2v) is 7.12. The second-order valence-electron chi connectivity index (χ2n) is 7.12. The van der Waals surface area contributed by atoms with Crippen molar-refractivity contribution in [3.8, 4) is 0 Å². The summed E-state index contributed by atoms with van der Waals surface area (Å²) in [4.78, 5) is 2.81. The van der Waals surface area contributed by atoms with Gasteiger partial charge >= 0.3 is 0 Å². The maximum atomic E-state index is 3.49. The number of rotatable bonds is 5. The number of nitrogens with zero attached hydrogens (tertiary/aromatic N) is 1. The second kappa shape index (κ2) is 7.64. The van der Waals surface area contributed by atoms with E-state index < -0.39 is 0 Å². The van der Waals surface area contributed by atoms with Gasteiger partial charge in [-0.2, -0.15) is 0 Å². The van der Waals surface area contributed by atoms with Crippen LogP contribution >= 0.6 is 0 Å². The molecule has 0 amide bonds. The Hall–Kier alpha value is -0.0800. The molecule has 1 saturated carbocycles. The van der Waals surface area contributed by atoms with Crippen LogP contribution in [0.1, 0.15) is 65.7 Å². The van der Waals surface area contributed by atoms with Crippen LogP contribution in [0.3, 0.4) is 0 Å². The normalized spacial score (nSPS) is 25.1. The topological polar surface area (TPSA) is 15.3 Å². The summed E-state index contributed by atoms with van der Waals surface area (Å²) in [6, 6.07) is 1.49. The van der Waals surface area contributed by atoms with Gasteiger partial charge in [-0.1, -0.05) is 19.3 Å². The van der Waals surface area contributed by atoms with E-state index in [0.717, 1.165) is 17.9 Å². The molecule has 1 aliphatic heterocycles. The molecule has 1 atom stereocenters. The first kappa shape index (κ1) is 15.3. The monoisotopic (exact) mass is 266 g/mol. The van der Waals surface area contributed by atoms with Gasteiger partial charge in [0.15, 0.2) is 0 Å². The lowest BCUT2D eigenvalue weighted by Gasteiger charge is -2.41. The van der Waals surface area contributed by atoms with E-state index in [1.165, 1.54) is 64.6 Å². The lowest BCUT2D eigenvalue weighted by molar-refractivity contribution is 0.0756. The van der Waals surface area contributed by atoms with Gasteiger partial charge < -0.3 is 5.32 Å². The highest BCUT2D eigenvalue weighted by Crippen LogP contribution is 2.30. The highest BCUT2D eigenvalue weighted by atomic mass is 15.2. The number of hydrogen-bond acceptors (Lipinski definition) is 2. The van der Waals surface area contributed by atoms with Crippen LogP contribution in [0.2, 0.25) is 0 Å². The molecule has 1 heterocycles. The van der Waals surface area contributed by atoms with Crippen molar-refractivity contribution in [2.75, 3.05) is 19.6 Å². The van der Waals surface area contributed by atoms with Crippen LogP contribution in [0.25, 0.3) is 0 Å². The fourth-order valence-electron chi connectivity index (χ4n) is 4.10. The average Bonchev–Trinajstić information content (AvgIpc) is 2.46. The Labute approximate surface area is 120 Å². The van der Waals surface area contributed by atoms with E-state index in [9.17, 15) is 0 Å². The van der Waals surface area contributed by atoms with Crippen molar-refractivity contribution in [2.24, 2.45) is 11.8 Å². The van der Waals surface area contributed by atoms with Crippen LogP contribution in [-0.2, 0) is 0 Å². The maximum absolute atomic E-state index is 3.49. The summed E-state index contributed by atoms with van der Waals surface area (Å²) in [7, 11) is 0. The Bertz CT molecular complexity index is 240. The summed E-state index contributed by atoms with van der Waals surface area (Å²) < 4.78 is 0. The third-order valence-corrected chi connectivity index (χ3v) is 5.45. The van der Waals surface area contributed by atoms with Gasteiger partial charge in [-0.05, 0) is 71.4 Å². The van der Waals surface area contributed by atoms with Gasteiger partial charge in [0.2, 0.25) is 0 Å². The van der Waals surface area contributed by atoms with Gasteiger partial charge in [-0.3, -0.25) is 4.90 Å². The number of piperidine rings is 1. The van der Waals surface area contributed by atoms with E-state index in [4.69, 9.17) is 0 Å². The molecule has 0 radical (unpaired) electrons. The zero-order valence-electron chi connectivity index (χ0n) is 13.3. The molecule has 0 aromatic carbocycles. The van der Waals surface area contributed by atoms with Gasteiger partial charge in [0.1, 0.15) is 0 Å². The average molecular weight is 266 g/mol. The maximum Gasteiger partial charge on any atom is 0.00980 e. The summed E-state index contributed by atoms with van der Waals surface area (Å²) in [6.07, 6.45) is 10.1. The Morgan fingerprint density at radius 3 is 2.16 bits per heavy atom. The zero-order chi connectivity index (χ0) is 13.7. The van der Waals surface area contributed by atoms with Crippen molar-refractivity contribution in [3.05, 3.63) is 0 Å². The van der Waals surface area contributed by atoms with Crippen LogP contribution in [0, 0.1) is 11.8 Å². The molecule has 1 N–H and O–H groups in total. The lowest BCUT2D eigenvalue weighted by Crippen LogP contribution is -2.47. The number of nitrogens with one attached hydrogen (secondary N) is 1. The van der Waals surface area contributed by atoms with Gasteiger partial charge in [0.25, 0.3) is 0 Å². The molecule has 2 fully saturated rings. The molecule has 2 rings (SSSR count). The van der Waals surface area contributed by atoms with Crippen LogP contribution in [0.5, 0.6) is 0 Å². The standard InChI is InChI=1S/C17H34N2/c1-14(2)19(13-16-9-11-18-12-10-16)15(3)17-7-5-4-6-8-17/h14-18H,4-13H2,1-3H3. The van der Waals surface area contributed by atoms with Gasteiger partial charge in [0.05, 0.1) is 0 Å². The highest BCUT2D eigenvalue weighted by molar-refractivity contribution is 4.83. The smallest absolute Gasteiger partial charge is 0.00980 e. The van der Waals surface area contributed by atoms with E-state index in [1.807, 2.05) is 0 Å². The molecule has 0 spiro atoms. The first-order valence-corrected chi connectivity index (χ1v) is 8.65. The van der Waals surface area contributed by atoms with Gasteiger partial charge in [-0.25, -0.2) is 0 Å². The van der Waals surface area contributed by atoms with E-state index in [-0.39, 0.29) is 0 Å². The molecule has 0 aromatic heterocycles. The van der Waals surface area contributed by atoms with Crippen LogP contribution in [-0.4, -0.2) is 36.6 Å². The van der Waals surface area contributed by atoms with Crippen LogP contribution in [0.15, 0.2) is 0 Å². The van der Waals surface area contributed by atoms with Crippen molar-refractivity contribution < 1.29 is 0 Å². The minimum Gasteiger partial charge on any atom is -0.317 e. The van der Waals surface area contributed by atoms with Crippen molar-refractivity contribution in [2.45, 2.75) is 77.8 Å². The molecule has 0 bridgehead atoms. The zero-order valence-corrected chi connectivity index (χ0v) is 13.3. The van der Waals surface area contributed by atoms with Gasteiger partial charge in [-0.15, -0.1) is 0 Å². The first-order chi connectivity index (χ1) is 9.18. The summed E-state index contributed by atoms with van der Waals surface area (Å²) in [5, 5.41) is 3.49. The third-order valence-electron chi connectivity index (χ3n) is 5.45. The Balaban J connectivity index is 1.89. The van der Waals surface area contributed by atoms with Crippen LogP contribution in [0.4, 0.5) is 0 Å². The minimum absolute atomic E-state index is 0.701. The van der Waals surface area contributed by atoms with E-state index in [1.54, 1.807) is 0 Å². The summed E-state index contributed by atoms with van der Waals surface area (Å²) in [5.41, 5.74) is 0. The lowest BCUT2D eigenvalue weighted by atomic mass is 9.83. The molecular weight excluding hydrogens is 232 g/mol. The molecule has 2 heteroatoms. The molecular formula is C17H34N2. The van der Waals surface area contributed by atoms with Crippen molar-refractivity contribution in [1.82, 2.24) is 10.2 Å². The van der Waals surface area contributed by atoms with Gasteiger partial charge in [0, 0.05) is 18.6 Å². The minimum atomic E-state index is 0.701. The number of hydrogen-bond donors (Lipinski definition) is 1. The molecule has 112 valence electrons. The fraction of sp³-hybridized carbons (Fsp3) is 1.00. The Morgan fingerprint density at radius 1 is 0.947 bits per heavy atom. The molecule has 19 heavy (non-hydrogen) atoms. The largest absolute Gasteiger partial charge is 0.317 e. The highest BCUT2D eigenvalue weighted by Gasteiger charge is 2.28. The fourth-order valence-corrected chi connectivity index (χ4v) is 4.10. The van der Waals surface area contributed by atoms with Crippen molar-refractivity contribution in [1.29, 1.82) is 0 Å². The molecule has 1 saturated heterocycles. The van der Waals surface area contributed by atoms with E-state index in [0.29, 0.717) is 6.04 Å². The van der Waals surface area contributed by atoms with E-state index >= 15 is 0 Å². The quantitative estimate of drug-likeness (QED) is 0.817. The predicted octanol–water partition coefficient (Wildman–Crippen LogP) is 3.67. The van der Waals surface area contributed by atoms with Crippen LogP contribution < -0.4 is 5.32 Å². The molecule has 1 aliphatic carbocycles.